The van der Waals surface area contributed by atoms with Crippen LogP contribution in [0.15, 0.2) is 35.1 Å². The largest absolute Gasteiger partial charge is 0.326 e. The normalized spacial score (nSPS) is 15.2. The molecule has 6 nitrogen and oxygen atoms in total. The summed E-state index contributed by atoms with van der Waals surface area (Å²) in [6.45, 7) is 3.72. The number of benzene rings is 1. The molecule has 3 N–H and O–H groups in total. The second-order valence-corrected chi connectivity index (χ2v) is 6.03. The summed E-state index contributed by atoms with van der Waals surface area (Å²) in [7, 11) is 0. The van der Waals surface area contributed by atoms with Crippen LogP contribution in [0.1, 0.15) is 25.5 Å². The number of nitrogens with one attached hydrogen (secondary N) is 3. The Hall–Kier alpha value is -2.47. The van der Waals surface area contributed by atoms with Crippen LogP contribution in [0.3, 0.4) is 0 Å². The van der Waals surface area contributed by atoms with E-state index >= 15 is 0 Å². The molecule has 6 heteroatoms. The lowest BCUT2D eigenvalue weighted by molar-refractivity contribution is -0.120. The third-order valence-electron chi connectivity index (χ3n) is 4.27. The van der Waals surface area contributed by atoms with E-state index in [1.165, 1.54) is 6.07 Å². The number of carbonyl (C=O) groups excluding carboxylic acids is 1. The molecule has 0 atom stereocenters. The highest BCUT2D eigenvalue weighted by Gasteiger charge is 2.20. The van der Waals surface area contributed by atoms with E-state index < -0.39 is 0 Å². The minimum absolute atomic E-state index is 0.0521. The molecule has 0 bridgehead atoms. The number of aromatic amines is 1. The van der Waals surface area contributed by atoms with Crippen molar-refractivity contribution in [2.45, 2.75) is 26.2 Å². The van der Waals surface area contributed by atoms with Crippen molar-refractivity contribution >= 4 is 11.6 Å². The maximum Gasteiger partial charge on any atom is 0.251 e. The minimum Gasteiger partial charge on any atom is -0.326 e. The quantitative estimate of drug-likeness (QED) is 0.801. The van der Waals surface area contributed by atoms with E-state index in [9.17, 15) is 9.59 Å². The monoisotopic (exact) mass is 326 g/mol. The van der Waals surface area contributed by atoms with Crippen LogP contribution in [0.25, 0.3) is 11.4 Å². The molecule has 3 rings (SSSR count). The highest BCUT2D eigenvalue weighted by molar-refractivity contribution is 5.93. The molecule has 1 aromatic carbocycles. The second kappa shape index (κ2) is 7.40. The Morgan fingerprint density at radius 2 is 2.08 bits per heavy atom. The fourth-order valence-corrected chi connectivity index (χ4v) is 2.90. The summed E-state index contributed by atoms with van der Waals surface area (Å²) in [5.41, 5.74) is 2.09. The molecule has 0 aliphatic carbocycles. The molecule has 2 heterocycles. The van der Waals surface area contributed by atoms with Crippen LogP contribution in [0, 0.1) is 5.92 Å². The zero-order valence-electron chi connectivity index (χ0n) is 13.8. The van der Waals surface area contributed by atoms with E-state index in [2.05, 4.69) is 20.6 Å². The molecule has 0 spiro atoms. The molecule has 126 valence electrons. The standard InChI is InChI=1S/C18H22N4O2/c1-2-14-11-16(23)22-17(20-14)13-4-3-5-15(10-13)21-18(24)12-6-8-19-9-7-12/h3-5,10-12,19H,2,6-9H2,1H3,(H,21,24)(H,20,22,23). The number of H-pyrrole nitrogens is 1. The molecule has 1 aliphatic heterocycles. The number of rotatable bonds is 4. The summed E-state index contributed by atoms with van der Waals surface area (Å²) in [5, 5.41) is 6.24. The number of hydrogen-bond acceptors (Lipinski definition) is 4. The molecule has 24 heavy (non-hydrogen) atoms. The van der Waals surface area contributed by atoms with E-state index in [1.807, 2.05) is 31.2 Å². The first-order valence-corrected chi connectivity index (χ1v) is 8.38. The first kappa shape index (κ1) is 16.4. The van der Waals surface area contributed by atoms with E-state index in [0.29, 0.717) is 12.2 Å². The Kier molecular flexibility index (Phi) is 5.05. The Bertz CT molecular complexity index is 779. The lowest BCUT2D eigenvalue weighted by Crippen LogP contribution is -2.34. The van der Waals surface area contributed by atoms with Gasteiger partial charge in [-0.15, -0.1) is 0 Å². The van der Waals surface area contributed by atoms with Gasteiger partial charge >= 0.3 is 0 Å². The molecule has 1 saturated heterocycles. The minimum atomic E-state index is -0.166. The van der Waals surface area contributed by atoms with Crippen LogP contribution >= 0.6 is 0 Å². The van der Waals surface area contributed by atoms with E-state index in [1.54, 1.807) is 0 Å². The van der Waals surface area contributed by atoms with Gasteiger partial charge in [0.1, 0.15) is 5.82 Å². The molecule has 0 saturated carbocycles. The van der Waals surface area contributed by atoms with E-state index in [4.69, 9.17) is 0 Å². The Morgan fingerprint density at radius 3 is 2.83 bits per heavy atom. The van der Waals surface area contributed by atoms with Crippen LogP contribution in [0.2, 0.25) is 0 Å². The van der Waals surface area contributed by atoms with Crippen molar-refractivity contribution in [2.24, 2.45) is 5.92 Å². The number of anilines is 1. The van der Waals surface area contributed by atoms with Crippen LogP contribution in [-0.2, 0) is 11.2 Å². The average Bonchev–Trinajstić information content (AvgIpc) is 2.62. The van der Waals surface area contributed by atoms with Crippen molar-refractivity contribution in [3.63, 3.8) is 0 Å². The van der Waals surface area contributed by atoms with Gasteiger partial charge in [0.05, 0.1) is 0 Å². The molecule has 0 unspecified atom stereocenters. The predicted molar refractivity (Wildman–Crippen MR) is 93.9 cm³/mol. The second-order valence-electron chi connectivity index (χ2n) is 6.03. The summed E-state index contributed by atoms with van der Waals surface area (Å²) in [4.78, 5) is 31.3. The maximum atomic E-state index is 12.4. The number of carbonyl (C=O) groups is 1. The average molecular weight is 326 g/mol. The molecule has 1 aliphatic rings. The van der Waals surface area contributed by atoms with E-state index in [-0.39, 0.29) is 17.4 Å². The van der Waals surface area contributed by atoms with Crippen molar-refractivity contribution in [3.8, 4) is 11.4 Å². The number of hydrogen-bond donors (Lipinski definition) is 3. The highest BCUT2D eigenvalue weighted by Crippen LogP contribution is 2.21. The molecule has 0 radical (unpaired) electrons. The summed E-state index contributed by atoms with van der Waals surface area (Å²) < 4.78 is 0. The lowest BCUT2D eigenvalue weighted by Gasteiger charge is -2.21. The van der Waals surface area contributed by atoms with Crippen LogP contribution in [0.5, 0.6) is 0 Å². The Morgan fingerprint density at radius 1 is 1.29 bits per heavy atom. The molecular formula is C18H22N4O2. The predicted octanol–water partition coefficient (Wildman–Crippen LogP) is 1.94. The lowest BCUT2D eigenvalue weighted by atomic mass is 9.97. The van der Waals surface area contributed by atoms with Gasteiger partial charge in [-0.3, -0.25) is 9.59 Å². The van der Waals surface area contributed by atoms with Crippen molar-refractivity contribution in [1.29, 1.82) is 0 Å². The van der Waals surface area contributed by atoms with Crippen molar-refractivity contribution in [3.05, 3.63) is 46.4 Å². The van der Waals surface area contributed by atoms with Gasteiger partial charge in [0, 0.05) is 28.9 Å². The highest BCUT2D eigenvalue weighted by atomic mass is 16.2. The molecular weight excluding hydrogens is 304 g/mol. The zero-order chi connectivity index (χ0) is 16.9. The number of piperidine rings is 1. The van der Waals surface area contributed by atoms with Gasteiger partial charge in [-0.2, -0.15) is 0 Å². The topological polar surface area (TPSA) is 86.9 Å². The fourth-order valence-electron chi connectivity index (χ4n) is 2.90. The number of amides is 1. The van der Waals surface area contributed by atoms with E-state index in [0.717, 1.165) is 42.9 Å². The van der Waals surface area contributed by atoms with Gasteiger partial charge in [-0.05, 0) is 44.5 Å². The zero-order valence-corrected chi connectivity index (χ0v) is 13.8. The molecule has 1 aromatic heterocycles. The summed E-state index contributed by atoms with van der Waals surface area (Å²) in [5.74, 6) is 0.631. The summed E-state index contributed by atoms with van der Waals surface area (Å²) in [6.07, 6.45) is 2.42. The van der Waals surface area contributed by atoms with Crippen LogP contribution < -0.4 is 16.2 Å². The SMILES string of the molecule is CCc1cc(=O)[nH]c(-c2cccc(NC(=O)C3CCNCC3)c2)n1. The van der Waals surface area contributed by atoms with Crippen LogP contribution in [-0.4, -0.2) is 29.0 Å². The number of aryl methyl sites for hydroxylation is 1. The van der Waals surface area contributed by atoms with Crippen molar-refractivity contribution < 1.29 is 4.79 Å². The van der Waals surface area contributed by atoms with Gasteiger partial charge in [0.15, 0.2) is 0 Å². The van der Waals surface area contributed by atoms with Gasteiger partial charge in [-0.25, -0.2) is 4.98 Å². The third-order valence-corrected chi connectivity index (χ3v) is 4.27. The molecule has 1 fully saturated rings. The van der Waals surface area contributed by atoms with Crippen molar-refractivity contribution in [2.75, 3.05) is 18.4 Å². The van der Waals surface area contributed by atoms with Gasteiger partial charge in [-0.1, -0.05) is 19.1 Å². The first-order valence-electron chi connectivity index (χ1n) is 8.38. The fraction of sp³-hybridized carbons (Fsp3) is 0.389. The van der Waals surface area contributed by atoms with Gasteiger partial charge in [0.25, 0.3) is 5.56 Å². The summed E-state index contributed by atoms with van der Waals surface area (Å²) in [6, 6.07) is 8.93. The maximum absolute atomic E-state index is 12.4. The van der Waals surface area contributed by atoms with Gasteiger partial charge < -0.3 is 15.6 Å². The smallest absolute Gasteiger partial charge is 0.251 e. The number of nitrogens with zero attached hydrogens (tertiary/aromatic N) is 1. The van der Waals surface area contributed by atoms with Gasteiger partial charge in [0.2, 0.25) is 5.91 Å². The van der Waals surface area contributed by atoms with Crippen LogP contribution in [0.4, 0.5) is 5.69 Å². The molecule has 2 aromatic rings. The third kappa shape index (κ3) is 3.89. The summed E-state index contributed by atoms with van der Waals surface area (Å²) >= 11 is 0. The first-order chi connectivity index (χ1) is 11.7. The Balaban J connectivity index is 1.80. The number of aromatic nitrogens is 2. The molecule has 1 amide bonds. The Labute approximate surface area is 140 Å². The van der Waals surface area contributed by atoms with Crippen molar-refractivity contribution in [1.82, 2.24) is 15.3 Å².